The fraction of sp³-hybridized carbons (Fsp3) is 0. The molecule has 0 bridgehead atoms. The van der Waals surface area contributed by atoms with E-state index in [9.17, 15) is 13.0 Å². The standard InChI is InChI=1S/C12H8O4S2/c13-18(14,15)11-7-3-5-9-12(11)17-10-6-2-1-4-8(10)16-9/h1-7H,(H,13,14,15). The molecule has 0 aliphatic carbocycles. The molecular formula is C12H8O4S2. The van der Waals surface area contributed by atoms with Crippen molar-refractivity contribution in [1.29, 1.82) is 0 Å². The van der Waals surface area contributed by atoms with Crippen LogP contribution in [0.25, 0.3) is 0 Å². The van der Waals surface area contributed by atoms with Gasteiger partial charge >= 0.3 is 0 Å². The number of hydrogen-bond acceptors (Lipinski definition) is 4. The summed E-state index contributed by atoms with van der Waals surface area (Å²) >= 11 is 1.27. The van der Waals surface area contributed by atoms with Gasteiger partial charge in [-0.3, -0.25) is 4.55 Å². The maximum Gasteiger partial charge on any atom is 0.295 e. The van der Waals surface area contributed by atoms with Gasteiger partial charge in [0.05, 0.1) is 9.79 Å². The first-order valence-corrected chi connectivity index (χ1v) is 7.36. The van der Waals surface area contributed by atoms with E-state index in [2.05, 4.69) is 0 Å². The first-order valence-electron chi connectivity index (χ1n) is 5.11. The number of para-hydroxylation sites is 1. The molecule has 0 saturated heterocycles. The summed E-state index contributed by atoms with van der Waals surface area (Å²) in [6.45, 7) is 0. The number of ether oxygens (including phenoxy) is 1. The van der Waals surface area contributed by atoms with E-state index < -0.39 is 10.1 Å². The highest BCUT2D eigenvalue weighted by molar-refractivity contribution is 8.00. The maximum absolute atomic E-state index is 11.3. The van der Waals surface area contributed by atoms with E-state index in [1.165, 1.54) is 23.9 Å². The second-order valence-electron chi connectivity index (χ2n) is 3.71. The Morgan fingerprint density at radius 3 is 2.50 bits per heavy atom. The Balaban J connectivity index is 2.20. The number of benzene rings is 2. The van der Waals surface area contributed by atoms with Crippen molar-refractivity contribution in [2.75, 3.05) is 0 Å². The molecule has 1 N–H and O–H groups in total. The van der Waals surface area contributed by atoms with Crippen LogP contribution < -0.4 is 4.74 Å². The van der Waals surface area contributed by atoms with Gasteiger partial charge in [0.2, 0.25) is 0 Å². The molecule has 6 heteroatoms. The minimum absolute atomic E-state index is 0.125. The predicted octanol–water partition coefficient (Wildman–Crippen LogP) is 3.19. The normalized spacial score (nSPS) is 13.4. The minimum Gasteiger partial charge on any atom is -0.455 e. The summed E-state index contributed by atoms with van der Waals surface area (Å²) in [6, 6.07) is 11.9. The molecule has 1 heterocycles. The van der Waals surface area contributed by atoms with Crippen molar-refractivity contribution < 1.29 is 17.7 Å². The molecule has 0 spiro atoms. The van der Waals surface area contributed by atoms with Gasteiger partial charge in [0.25, 0.3) is 10.1 Å². The molecule has 1 aliphatic rings. The molecular weight excluding hydrogens is 272 g/mol. The molecule has 0 amide bonds. The van der Waals surface area contributed by atoms with E-state index in [0.717, 1.165) is 4.90 Å². The number of hydrogen-bond donors (Lipinski definition) is 1. The lowest BCUT2D eigenvalue weighted by Gasteiger charge is -2.20. The topological polar surface area (TPSA) is 63.6 Å². The van der Waals surface area contributed by atoms with Crippen molar-refractivity contribution >= 4 is 21.9 Å². The largest absolute Gasteiger partial charge is 0.455 e. The fourth-order valence-corrected chi connectivity index (χ4v) is 3.71. The third-order valence-electron chi connectivity index (χ3n) is 2.50. The molecule has 18 heavy (non-hydrogen) atoms. The van der Waals surface area contributed by atoms with Crippen LogP contribution in [0.4, 0.5) is 0 Å². The molecule has 4 nitrogen and oxygen atoms in total. The van der Waals surface area contributed by atoms with Crippen molar-refractivity contribution in [2.24, 2.45) is 0 Å². The predicted molar refractivity (Wildman–Crippen MR) is 66.9 cm³/mol. The average Bonchev–Trinajstić information content (AvgIpc) is 2.34. The fourth-order valence-electron chi connectivity index (χ4n) is 1.73. The van der Waals surface area contributed by atoms with E-state index >= 15 is 0 Å². The minimum atomic E-state index is -4.25. The molecule has 0 fully saturated rings. The Morgan fingerprint density at radius 2 is 1.72 bits per heavy atom. The number of fused-ring (bicyclic) bond motifs is 2. The highest BCUT2D eigenvalue weighted by Gasteiger charge is 2.25. The number of rotatable bonds is 1. The van der Waals surface area contributed by atoms with Gasteiger partial charge in [0.15, 0.2) is 0 Å². The van der Waals surface area contributed by atoms with Crippen LogP contribution in [0, 0.1) is 0 Å². The van der Waals surface area contributed by atoms with Crippen molar-refractivity contribution in [3.05, 3.63) is 42.5 Å². The third kappa shape index (κ3) is 1.88. The second-order valence-corrected chi connectivity index (χ2v) is 6.15. The summed E-state index contributed by atoms with van der Waals surface area (Å²) in [5, 5.41) is 0. The summed E-state index contributed by atoms with van der Waals surface area (Å²) in [4.78, 5) is 1.11. The molecule has 3 rings (SSSR count). The molecule has 0 atom stereocenters. The third-order valence-corrected chi connectivity index (χ3v) is 4.71. The Morgan fingerprint density at radius 1 is 1.00 bits per heavy atom. The molecule has 0 saturated carbocycles. The highest BCUT2D eigenvalue weighted by Crippen LogP contribution is 2.49. The Kier molecular flexibility index (Phi) is 2.58. The SMILES string of the molecule is O=S(=O)(O)c1cccc2c1Sc1ccccc1O2. The maximum atomic E-state index is 11.3. The van der Waals surface area contributed by atoms with Crippen LogP contribution in [-0.4, -0.2) is 13.0 Å². The lowest BCUT2D eigenvalue weighted by Crippen LogP contribution is -2.04. The Labute approximate surface area is 108 Å². The van der Waals surface area contributed by atoms with Crippen LogP contribution in [0.1, 0.15) is 0 Å². The van der Waals surface area contributed by atoms with Crippen molar-refractivity contribution in [3.63, 3.8) is 0 Å². The van der Waals surface area contributed by atoms with E-state index in [1.807, 2.05) is 24.3 Å². The Hall–Kier alpha value is -1.50. The van der Waals surface area contributed by atoms with Crippen molar-refractivity contribution in [1.82, 2.24) is 0 Å². The van der Waals surface area contributed by atoms with Gasteiger partial charge in [0, 0.05) is 0 Å². The molecule has 2 aromatic rings. The van der Waals surface area contributed by atoms with E-state index in [1.54, 1.807) is 6.07 Å². The second kappa shape index (κ2) is 4.01. The van der Waals surface area contributed by atoms with Gasteiger partial charge in [-0.2, -0.15) is 8.42 Å². The molecule has 2 aromatic carbocycles. The summed E-state index contributed by atoms with van der Waals surface area (Å²) < 4.78 is 37.4. The molecule has 1 aliphatic heterocycles. The lowest BCUT2D eigenvalue weighted by atomic mass is 10.3. The lowest BCUT2D eigenvalue weighted by molar-refractivity contribution is 0.445. The van der Waals surface area contributed by atoms with E-state index in [0.29, 0.717) is 16.4 Å². The van der Waals surface area contributed by atoms with Crippen molar-refractivity contribution in [2.45, 2.75) is 14.7 Å². The molecule has 0 unspecified atom stereocenters. The van der Waals surface area contributed by atoms with Crippen LogP contribution in [0.3, 0.4) is 0 Å². The summed E-state index contributed by atoms with van der Waals surface area (Å²) in [5.74, 6) is 1.12. The van der Waals surface area contributed by atoms with Gasteiger partial charge in [-0.25, -0.2) is 0 Å². The van der Waals surface area contributed by atoms with Crippen LogP contribution in [-0.2, 0) is 10.1 Å². The Bertz CT molecular complexity index is 723. The van der Waals surface area contributed by atoms with Gasteiger partial charge < -0.3 is 4.74 Å². The summed E-state index contributed by atoms with van der Waals surface area (Å²) in [6.07, 6.45) is 0. The van der Waals surface area contributed by atoms with Crippen LogP contribution in [0.5, 0.6) is 11.5 Å². The van der Waals surface area contributed by atoms with Crippen LogP contribution in [0.2, 0.25) is 0 Å². The summed E-state index contributed by atoms with van der Waals surface area (Å²) in [7, 11) is -4.25. The van der Waals surface area contributed by atoms with E-state index in [4.69, 9.17) is 4.74 Å². The van der Waals surface area contributed by atoms with Crippen LogP contribution in [0.15, 0.2) is 57.2 Å². The molecule has 0 radical (unpaired) electrons. The molecule has 0 aromatic heterocycles. The first-order chi connectivity index (χ1) is 8.55. The highest BCUT2D eigenvalue weighted by atomic mass is 32.2. The summed E-state index contributed by atoms with van der Waals surface area (Å²) in [5.41, 5.74) is 0. The van der Waals surface area contributed by atoms with Gasteiger partial charge in [-0.15, -0.1) is 0 Å². The van der Waals surface area contributed by atoms with E-state index in [-0.39, 0.29) is 4.90 Å². The van der Waals surface area contributed by atoms with Gasteiger partial charge in [0.1, 0.15) is 16.4 Å². The molecule has 92 valence electrons. The zero-order valence-corrected chi connectivity index (χ0v) is 10.7. The average molecular weight is 280 g/mol. The zero-order valence-electron chi connectivity index (χ0n) is 9.03. The smallest absolute Gasteiger partial charge is 0.295 e. The van der Waals surface area contributed by atoms with Crippen LogP contribution >= 0.6 is 11.8 Å². The van der Waals surface area contributed by atoms with Crippen molar-refractivity contribution in [3.8, 4) is 11.5 Å². The monoisotopic (exact) mass is 280 g/mol. The first kappa shape index (κ1) is 11.6. The zero-order chi connectivity index (χ0) is 12.8. The van der Waals surface area contributed by atoms with Gasteiger partial charge in [-0.05, 0) is 24.3 Å². The van der Waals surface area contributed by atoms with Gasteiger partial charge in [-0.1, -0.05) is 30.0 Å². The quantitative estimate of drug-likeness (QED) is 0.693.